The molecule has 7 heteroatoms. The molecule has 0 radical (unpaired) electrons. The monoisotopic (exact) mass is 547 g/mol. The molecule has 8 rings (SSSR count). The SMILES string of the molecule is OB(O)c1ccc2c(c1)c1ccccc1n2-c1cccc(-c2nc(-c3ccccc3)c3sc4ccccc4c3n2)c1. The minimum Gasteiger partial charge on any atom is -0.423 e. The number of para-hydroxylation sites is 1. The lowest BCUT2D eigenvalue weighted by molar-refractivity contribution is 0.426. The molecule has 0 aliphatic carbocycles. The van der Waals surface area contributed by atoms with Gasteiger partial charge in [0.15, 0.2) is 5.82 Å². The van der Waals surface area contributed by atoms with Gasteiger partial charge in [0.05, 0.1) is 26.9 Å². The summed E-state index contributed by atoms with van der Waals surface area (Å²) in [6.07, 6.45) is 0. The molecular formula is C34H22BN3O2S. The molecule has 5 aromatic carbocycles. The van der Waals surface area contributed by atoms with Gasteiger partial charge in [-0.05, 0) is 35.8 Å². The van der Waals surface area contributed by atoms with Crippen LogP contribution < -0.4 is 5.46 Å². The van der Waals surface area contributed by atoms with E-state index in [9.17, 15) is 10.0 Å². The summed E-state index contributed by atoms with van der Waals surface area (Å²) < 4.78 is 4.48. The Hall–Kier alpha value is -4.82. The van der Waals surface area contributed by atoms with Gasteiger partial charge in [-0.2, -0.15) is 0 Å². The maximum Gasteiger partial charge on any atom is 0.488 e. The van der Waals surface area contributed by atoms with E-state index in [1.165, 1.54) is 4.70 Å². The van der Waals surface area contributed by atoms with Crippen LogP contribution in [0.1, 0.15) is 0 Å². The van der Waals surface area contributed by atoms with E-state index < -0.39 is 7.12 Å². The topological polar surface area (TPSA) is 71.2 Å². The molecule has 3 heterocycles. The van der Waals surface area contributed by atoms with E-state index in [1.807, 2.05) is 48.5 Å². The molecule has 8 aromatic rings. The Balaban J connectivity index is 1.37. The van der Waals surface area contributed by atoms with Crippen LogP contribution in [0.25, 0.3) is 70.4 Å². The zero-order valence-corrected chi connectivity index (χ0v) is 22.6. The van der Waals surface area contributed by atoms with Gasteiger partial charge in [0, 0.05) is 37.7 Å². The maximum atomic E-state index is 9.81. The summed E-state index contributed by atoms with van der Waals surface area (Å²) in [7, 11) is -1.52. The zero-order chi connectivity index (χ0) is 27.5. The van der Waals surface area contributed by atoms with Crippen LogP contribution in [0.4, 0.5) is 0 Å². The summed E-state index contributed by atoms with van der Waals surface area (Å²) in [5, 5.41) is 22.8. The van der Waals surface area contributed by atoms with Gasteiger partial charge in [-0.15, -0.1) is 11.3 Å². The second-order valence-electron chi connectivity index (χ2n) is 10.1. The first-order valence-corrected chi connectivity index (χ1v) is 14.2. The highest BCUT2D eigenvalue weighted by Gasteiger charge is 2.19. The zero-order valence-electron chi connectivity index (χ0n) is 21.8. The standard InChI is InChI=1S/C34H22BN3O2S/c39-35(40)23-17-18-29-27(20-23)25-13-4-6-15-28(25)38(29)24-12-8-11-22(19-24)34-36-31(21-9-2-1-3-10-21)33-32(37-34)26-14-5-7-16-30(26)41-33/h1-20,39-40H. The fraction of sp³-hybridized carbons (Fsp3) is 0. The van der Waals surface area contributed by atoms with Crippen molar-refractivity contribution in [1.82, 2.24) is 14.5 Å². The minimum atomic E-state index is -1.52. The fourth-order valence-electron chi connectivity index (χ4n) is 5.73. The predicted molar refractivity (Wildman–Crippen MR) is 170 cm³/mol. The van der Waals surface area contributed by atoms with Crippen molar-refractivity contribution in [2.24, 2.45) is 0 Å². The fourth-order valence-corrected chi connectivity index (χ4v) is 6.88. The van der Waals surface area contributed by atoms with Crippen LogP contribution in [-0.4, -0.2) is 31.7 Å². The van der Waals surface area contributed by atoms with Gasteiger partial charge in [-0.3, -0.25) is 0 Å². The van der Waals surface area contributed by atoms with E-state index >= 15 is 0 Å². The van der Waals surface area contributed by atoms with Crippen molar-refractivity contribution in [3.8, 4) is 28.3 Å². The second kappa shape index (κ2) is 9.39. The molecular weight excluding hydrogens is 525 g/mol. The Morgan fingerprint density at radius 3 is 2.20 bits per heavy atom. The first-order chi connectivity index (χ1) is 20.2. The largest absolute Gasteiger partial charge is 0.488 e. The van der Waals surface area contributed by atoms with E-state index in [0.717, 1.165) is 59.9 Å². The lowest BCUT2D eigenvalue weighted by atomic mass is 9.80. The number of nitrogens with zero attached hydrogens (tertiary/aromatic N) is 3. The highest BCUT2D eigenvalue weighted by Crippen LogP contribution is 2.39. The molecule has 0 aliphatic rings. The van der Waals surface area contributed by atoms with Crippen molar-refractivity contribution in [3.63, 3.8) is 0 Å². The van der Waals surface area contributed by atoms with Crippen molar-refractivity contribution < 1.29 is 10.0 Å². The predicted octanol–water partition coefficient (Wildman–Crippen LogP) is 6.96. The minimum absolute atomic E-state index is 0.465. The van der Waals surface area contributed by atoms with E-state index in [2.05, 4.69) is 71.3 Å². The molecule has 0 bridgehead atoms. The lowest BCUT2D eigenvalue weighted by Gasteiger charge is -2.11. The summed E-state index contributed by atoms with van der Waals surface area (Å²) in [5.74, 6) is 0.674. The van der Waals surface area contributed by atoms with Gasteiger partial charge in [0.1, 0.15) is 0 Å². The Bertz CT molecular complexity index is 2260. The van der Waals surface area contributed by atoms with Gasteiger partial charge in [0.25, 0.3) is 0 Å². The normalized spacial score (nSPS) is 11.7. The first-order valence-electron chi connectivity index (χ1n) is 13.4. The molecule has 0 spiro atoms. The number of rotatable bonds is 4. The molecule has 194 valence electrons. The second-order valence-corrected chi connectivity index (χ2v) is 11.1. The van der Waals surface area contributed by atoms with Crippen LogP contribution in [0, 0.1) is 0 Å². The molecule has 0 fully saturated rings. The molecule has 0 atom stereocenters. The Labute approximate surface area is 239 Å². The number of thiophene rings is 1. The van der Waals surface area contributed by atoms with E-state index in [4.69, 9.17) is 9.97 Å². The van der Waals surface area contributed by atoms with Crippen molar-refractivity contribution in [2.75, 3.05) is 0 Å². The number of hydrogen-bond donors (Lipinski definition) is 2. The molecule has 5 nitrogen and oxygen atoms in total. The van der Waals surface area contributed by atoms with Crippen LogP contribution in [0.2, 0.25) is 0 Å². The van der Waals surface area contributed by atoms with Crippen molar-refractivity contribution in [1.29, 1.82) is 0 Å². The van der Waals surface area contributed by atoms with Gasteiger partial charge in [-0.1, -0.05) is 91.0 Å². The number of fused-ring (bicyclic) bond motifs is 6. The summed E-state index contributed by atoms with van der Waals surface area (Å²) in [6.45, 7) is 0. The summed E-state index contributed by atoms with van der Waals surface area (Å²) in [5.41, 5.74) is 7.35. The third-order valence-corrected chi connectivity index (χ3v) is 8.79. The van der Waals surface area contributed by atoms with Gasteiger partial charge >= 0.3 is 7.12 Å². The Morgan fingerprint density at radius 2 is 1.34 bits per heavy atom. The van der Waals surface area contributed by atoms with Gasteiger partial charge in [0.2, 0.25) is 0 Å². The first kappa shape index (κ1) is 24.0. The number of benzene rings is 5. The molecule has 41 heavy (non-hydrogen) atoms. The van der Waals surface area contributed by atoms with Crippen molar-refractivity contribution in [2.45, 2.75) is 0 Å². The average Bonchev–Trinajstić information content (AvgIpc) is 3.56. The summed E-state index contributed by atoms with van der Waals surface area (Å²) in [4.78, 5) is 10.3. The van der Waals surface area contributed by atoms with Crippen molar-refractivity contribution in [3.05, 3.63) is 121 Å². The van der Waals surface area contributed by atoms with Crippen molar-refractivity contribution >= 4 is 66.0 Å². The van der Waals surface area contributed by atoms with E-state index in [0.29, 0.717) is 11.3 Å². The lowest BCUT2D eigenvalue weighted by Crippen LogP contribution is -2.29. The Kier molecular flexibility index (Phi) is 5.50. The molecule has 3 aromatic heterocycles. The summed E-state index contributed by atoms with van der Waals surface area (Å²) >= 11 is 1.73. The average molecular weight is 547 g/mol. The van der Waals surface area contributed by atoms with Gasteiger partial charge < -0.3 is 14.6 Å². The van der Waals surface area contributed by atoms with E-state index in [1.54, 1.807) is 17.4 Å². The molecule has 0 saturated carbocycles. The third kappa shape index (κ3) is 3.86. The maximum absolute atomic E-state index is 9.81. The van der Waals surface area contributed by atoms with Gasteiger partial charge in [-0.25, -0.2) is 9.97 Å². The van der Waals surface area contributed by atoms with E-state index in [-0.39, 0.29) is 0 Å². The molecule has 0 aliphatic heterocycles. The highest BCUT2D eigenvalue weighted by atomic mass is 32.1. The molecule has 0 unspecified atom stereocenters. The van der Waals surface area contributed by atoms with Crippen LogP contribution in [0.5, 0.6) is 0 Å². The smallest absolute Gasteiger partial charge is 0.423 e. The number of aromatic nitrogens is 3. The molecule has 2 N–H and O–H groups in total. The molecule has 0 saturated heterocycles. The Morgan fingerprint density at radius 1 is 0.610 bits per heavy atom. The quantitative estimate of drug-likeness (QED) is 0.234. The molecule has 0 amide bonds. The highest BCUT2D eigenvalue weighted by molar-refractivity contribution is 7.26. The summed E-state index contributed by atoms with van der Waals surface area (Å²) in [6, 6.07) is 40.8. The van der Waals surface area contributed by atoms with Crippen LogP contribution in [0.3, 0.4) is 0 Å². The van der Waals surface area contributed by atoms with Crippen LogP contribution >= 0.6 is 11.3 Å². The third-order valence-electron chi connectivity index (χ3n) is 7.62. The van der Waals surface area contributed by atoms with Crippen LogP contribution in [-0.2, 0) is 0 Å². The number of hydrogen-bond acceptors (Lipinski definition) is 5. The van der Waals surface area contributed by atoms with Crippen LogP contribution in [0.15, 0.2) is 121 Å².